The molecule has 1 amide bonds. The summed E-state index contributed by atoms with van der Waals surface area (Å²) >= 11 is 1.22. The van der Waals surface area contributed by atoms with Gasteiger partial charge in [0.25, 0.3) is 5.91 Å². The van der Waals surface area contributed by atoms with Gasteiger partial charge in [0, 0.05) is 0 Å². The molecule has 3 aliphatic rings. The van der Waals surface area contributed by atoms with E-state index < -0.39 is 6.04 Å². The van der Waals surface area contributed by atoms with E-state index in [0.717, 1.165) is 19.3 Å². The molecule has 0 N–H and O–H groups in total. The third kappa shape index (κ3) is 3.35. The maximum absolute atomic E-state index is 13.8. The summed E-state index contributed by atoms with van der Waals surface area (Å²) in [4.78, 5) is 28.9. The van der Waals surface area contributed by atoms with Gasteiger partial charge < -0.3 is 18.9 Å². The number of benzene rings is 1. The Kier molecular flexibility index (Phi) is 5.48. The summed E-state index contributed by atoms with van der Waals surface area (Å²) in [6, 6.07) is 2.78. The van der Waals surface area contributed by atoms with Crippen molar-refractivity contribution in [3.8, 4) is 17.2 Å². The predicted octanol–water partition coefficient (Wildman–Crippen LogP) is 3.31. The minimum atomic E-state index is -0.736. The highest BCUT2D eigenvalue weighted by atomic mass is 32.1. The van der Waals surface area contributed by atoms with Crippen LogP contribution in [0.3, 0.4) is 0 Å². The average Bonchev–Trinajstić information content (AvgIpc) is 3.45. The first-order valence-electron chi connectivity index (χ1n) is 10.8. The molecule has 174 valence electrons. The van der Waals surface area contributed by atoms with Crippen LogP contribution >= 0.6 is 11.3 Å². The average molecular weight is 472 g/mol. The molecule has 9 nitrogen and oxygen atoms in total. The number of Topliss-reactive ketones (excluding diaryl/α,β-unsaturated/α-hetero) is 1. The number of rotatable bonds is 5. The lowest BCUT2D eigenvalue weighted by molar-refractivity contribution is -0.132. The van der Waals surface area contributed by atoms with Crippen molar-refractivity contribution >= 4 is 28.2 Å². The van der Waals surface area contributed by atoms with Gasteiger partial charge >= 0.3 is 0 Å². The Hall–Kier alpha value is -3.14. The predicted molar refractivity (Wildman–Crippen MR) is 120 cm³/mol. The van der Waals surface area contributed by atoms with Crippen LogP contribution in [0.2, 0.25) is 0 Å². The maximum Gasteiger partial charge on any atom is 0.296 e. The van der Waals surface area contributed by atoms with E-state index in [-0.39, 0.29) is 29.5 Å². The van der Waals surface area contributed by atoms with E-state index in [1.807, 2.05) is 0 Å². The molecule has 0 saturated heterocycles. The molecule has 3 heterocycles. The van der Waals surface area contributed by atoms with E-state index in [1.54, 1.807) is 17.6 Å². The van der Waals surface area contributed by atoms with Gasteiger partial charge in [-0.05, 0) is 42.9 Å². The number of hydrogen-bond donors (Lipinski definition) is 0. The lowest BCUT2D eigenvalue weighted by atomic mass is 9.74. The summed E-state index contributed by atoms with van der Waals surface area (Å²) in [5, 5.41) is 8.42. The molecule has 1 fully saturated rings. The Balaban J connectivity index is 1.68. The van der Waals surface area contributed by atoms with Crippen LogP contribution in [0.4, 0.5) is 5.13 Å². The lowest BCUT2D eigenvalue weighted by Crippen LogP contribution is -2.41. The molecule has 10 heteroatoms. The Morgan fingerprint density at radius 1 is 1.09 bits per heavy atom. The second kappa shape index (κ2) is 8.33. The minimum absolute atomic E-state index is 0.0353. The number of aromatic nitrogens is 2. The van der Waals surface area contributed by atoms with Crippen LogP contribution in [0, 0.1) is 11.8 Å². The van der Waals surface area contributed by atoms with Gasteiger partial charge in [-0.15, -0.1) is 10.2 Å². The van der Waals surface area contributed by atoms with Gasteiger partial charge in [0.1, 0.15) is 11.6 Å². The number of ketones is 1. The van der Waals surface area contributed by atoms with E-state index >= 15 is 0 Å². The highest BCUT2D eigenvalue weighted by Gasteiger charge is 2.54. The number of carbonyl (C=O) groups is 2. The summed E-state index contributed by atoms with van der Waals surface area (Å²) in [5.74, 6) is 1.15. The van der Waals surface area contributed by atoms with Gasteiger partial charge in [-0.3, -0.25) is 14.5 Å². The molecule has 4 unspecified atom stereocenters. The SMILES string of the molecule is COc1cc(C2C3=C(OC4CCC(C)CC4C3=O)C(=O)N2c2nncs2)cc(OC)c1OC. The van der Waals surface area contributed by atoms with E-state index in [9.17, 15) is 9.59 Å². The van der Waals surface area contributed by atoms with Gasteiger partial charge in [0.05, 0.1) is 38.9 Å². The zero-order valence-electron chi connectivity index (χ0n) is 18.9. The van der Waals surface area contributed by atoms with Crippen molar-refractivity contribution in [1.29, 1.82) is 0 Å². The van der Waals surface area contributed by atoms with Crippen LogP contribution < -0.4 is 19.1 Å². The zero-order valence-corrected chi connectivity index (χ0v) is 19.7. The molecule has 0 spiro atoms. The van der Waals surface area contributed by atoms with E-state index in [1.165, 1.54) is 37.6 Å². The molecule has 4 atom stereocenters. The molecule has 33 heavy (non-hydrogen) atoms. The van der Waals surface area contributed by atoms with Gasteiger partial charge in [0.2, 0.25) is 10.9 Å². The van der Waals surface area contributed by atoms with Crippen molar-refractivity contribution in [2.45, 2.75) is 38.3 Å². The van der Waals surface area contributed by atoms with Crippen molar-refractivity contribution in [2.24, 2.45) is 11.8 Å². The van der Waals surface area contributed by atoms with Crippen molar-refractivity contribution < 1.29 is 28.5 Å². The maximum atomic E-state index is 13.8. The van der Waals surface area contributed by atoms with Crippen molar-refractivity contribution in [3.63, 3.8) is 0 Å². The van der Waals surface area contributed by atoms with E-state index in [2.05, 4.69) is 17.1 Å². The van der Waals surface area contributed by atoms with Gasteiger partial charge in [0.15, 0.2) is 23.0 Å². The van der Waals surface area contributed by atoms with E-state index in [4.69, 9.17) is 18.9 Å². The Morgan fingerprint density at radius 3 is 2.42 bits per heavy atom. The number of nitrogens with zero attached hydrogens (tertiary/aromatic N) is 3. The molecule has 1 aromatic carbocycles. The summed E-state index contributed by atoms with van der Waals surface area (Å²) in [6.45, 7) is 2.15. The number of fused-ring (bicyclic) bond motifs is 1. The van der Waals surface area contributed by atoms with Crippen molar-refractivity contribution in [2.75, 3.05) is 26.2 Å². The fourth-order valence-electron chi connectivity index (χ4n) is 5.12. The quantitative estimate of drug-likeness (QED) is 0.655. The van der Waals surface area contributed by atoms with Crippen LogP contribution in [-0.2, 0) is 14.3 Å². The number of ether oxygens (including phenoxy) is 4. The zero-order chi connectivity index (χ0) is 23.3. The van der Waals surface area contributed by atoms with Crippen LogP contribution in [0.5, 0.6) is 17.2 Å². The van der Waals surface area contributed by atoms with Crippen LogP contribution in [0.15, 0.2) is 29.0 Å². The number of amides is 1. The molecule has 0 bridgehead atoms. The second-order valence-corrected chi connectivity index (χ2v) is 9.36. The molecule has 1 saturated carbocycles. The fourth-order valence-corrected chi connectivity index (χ4v) is 5.71. The van der Waals surface area contributed by atoms with Crippen LogP contribution in [0.1, 0.15) is 37.8 Å². The van der Waals surface area contributed by atoms with Gasteiger partial charge in [-0.25, -0.2) is 0 Å². The molecule has 2 aromatic rings. The first kappa shape index (κ1) is 21.7. The Morgan fingerprint density at radius 2 is 1.82 bits per heavy atom. The third-order valence-corrected chi connectivity index (χ3v) is 7.36. The molecule has 1 aromatic heterocycles. The highest BCUT2D eigenvalue weighted by Crippen LogP contribution is 2.51. The van der Waals surface area contributed by atoms with Gasteiger partial charge in [-0.2, -0.15) is 0 Å². The monoisotopic (exact) mass is 471 g/mol. The molecule has 5 rings (SSSR count). The molecule has 0 radical (unpaired) electrons. The topological polar surface area (TPSA) is 100 Å². The Bertz CT molecular complexity index is 1110. The van der Waals surface area contributed by atoms with Crippen molar-refractivity contribution in [3.05, 3.63) is 34.5 Å². The number of hydrogen-bond acceptors (Lipinski definition) is 9. The summed E-state index contributed by atoms with van der Waals surface area (Å²) in [7, 11) is 4.57. The standard InChI is InChI=1S/C23H25N3O6S/c1-11-5-6-14-13(7-11)19(27)17-18(12-8-15(29-2)20(31-4)16(9-12)30-3)26(22(28)21(17)32-14)23-25-24-10-33-23/h8-11,13-14,18H,5-7H2,1-4H3. The summed E-state index contributed by atoms with van der Waals surface area (Å²) in [5.41, 5.74) is 2.55. The van der Waals surface area contributed by atoms with Crippen molar-refractivity contribution in [1.82, 2.24) is 10.2 Å². The van der Waals surface area contributed by atoms with Gasteiger partial charge in [-0.1, -0.05) is 18.3 Å². The number of carbonyl (C=O) groups excluding carboxylic acids is 2. The highest BCUT2D eigenvalue weighted by molar-refractivity contribution is 7.13. The summed E-state index contributed by atoms with van der Waals surface area (Å²) < 4.78 is 22.7. The third-order valence-electron chi connectivity index (χ3n) is 6.67. The molecule has 2 aliphatic heterocycles. The number of methoxy groups -OCH3 is 3. The first-order valence-corrected chi connectivity index (χ1v) is 11.7. The lowest BCUT2D eigenvalue weighted by Gasteiger charge is -2.37. The normalized spacial score (nSPS) is 26.6. The van der Waals surface area contributed by atoms with E-state index in [0.29, 0.717) is 39.4 Å². The second-order valence-electron chi connectivity index (χ2n) is 8.55. The molecular weight excluding hydrogens is 446 g/mol. The molecular formula is C23H25N3O6S. The smallest absolute Gasteiger partial charge is 0.296 e. The first-order chi connectivity index (χ1) is 16.0. The van der Waals surface area contributed by atoms with Crippen LogP contribution in [0.25, 0.3) is 0 Å². The summed E-state index contributed by atoms with van der Waals surface area (Å²) in [6.07, 6.45) is 2.21. The number of anilines is 1. The Labute approximate surface area is 195 Å². The minimum Gasteiger partial charge on any atom is -0.493 e. The van der Waals surface area contributed by atoms with Crippen LogP contribution in [-0.4, -0.2) is 49.3 Å². The largest absolute Gasteiger partial charge is 0.493 e. The molecule has 1 aliphatic carbocycles. The fraction of sp³-hybridized carbons (Fsp3) is 0.478.